The van der Waals surface area contributed by atoms with Crippen LogP contribution in [0.4, 0.5) is 5.69 Å². The highest BCUT2D eigenvalue weighted by molar-refractivity contribution is 6.22. The molecule has 2 rings (SSSR count). The molecule has 0 atom stereocenters. The number of aryl methyl sites for hydroxylation is 1. The van der Waals surface area contributed by atoms with E-state index in [2.05, 4.69) is 10.3 Å². The van der Waals surface area contributed by atoms with Crippen LogP contribution in [0, 0.1) is 6.92 Å². The van der Waals surface area contributed by atoms with Crippen molar-refractivity contribution in [1.82, 2.24) is 10.2 Å². The van der Waals surface area contributed by atoms with Crippen LogP contribution in [-0.2, 0) is 9.59 Å². The molecule has 0 saturated carbocycles. The van der Waals surface area contributed by atoms with Crippen LogP contribution >= 0.6 is 0 Å². The normalized spacial score (nSPS) is 15.8. The minimum absolute atomic E-state index is 0.120. The van der Waals surface area contributed by atoms with Crippen molar-refractivity contribution in [3.63, 3.8) is 0 Å². The van der Waals surface area contributed by atoms with E-state index in [1.54, 1.807) is 6.08 Å². The molecule has 0 bridgehead atoms. The maximum absolute atomic E-state index is 12.4. The first-order chi connectivity index (χ1) is 11.4. The summed E-state index contributed by atoms with van der Waals surface area (Å²) >= 11 is 0. The van der Waals surface area contributed by atoms with E-state index in [1.807, 2.05) is 49.9 Å². The fourth-order valence-corrected chi connectivity index (χ4v) is 2.51. The SMILES string of the molecule is CCN(CC)C1=CC(=Nc2ccc(C)cc2)C(NC(C)=O)=CC1=O. The molecule has 0 radical (unpaired) electrons. The average molecular weight is 325 g/mol. The highest BCUT2D eigenvalue weighted by atomic mass is 16.1. The van der Waals surface area contributed by atoms with Gasteiger partial charge in [-0.05, 0) is 39.0 Å². The van der Waals surface area contributed by atoms with E-state index < -0.39 is 0 Å². The van der Waals surface area contributed by atoms with Gasteiger partial charge in [0.1, 0.15) is 0 Å². The number of aliphatic imine (C=N–C) groups is 1. The summed E-state index contributed by atoms with van der Waals surface area (Å²) in [7, 11) is 0. The van der Waals surface area contributed by atoms with Crippen molar-refractivity contribution < 1.29 is 9.59 Å². The lowest BCUT2D eigenvalue weighted by molar-refractivity contribution is -0.118. The fraction of sp³-hybridized carbons (Fsp3) is 0.316. The zero-order chi connectivity index (χ0) is 17.7. The maximum Gasteiger partial charge on any atom is 0.221 e. The van der Waals surface area contributed by atoms with Crippen molar-refractivity contribution in [3.8, 4) is 0 Å². The smallest absolute Gasteiger partial charge is 0.221 e. The molecule has 1 amide bonds. The van der Waals surface area contributed by atoms with Gasteiger partial charge in [0, 0.05) is 26.1 Å². The summed E-state index contributed by atoms with van der Waals surface area (Å²) in [5, 5.41) is 2.70. The molecule has 1 aromatic rings. The van der Waals surface area contributed by atoms with Gasteiger partial charge in [0.25, 0.3) is 0 Å². The Balaban J connectivity index is 2.47. The third kappa shape index (κ3) is 4.19. The van der Waals surface area contributed by atoms with Crippen LogP contribution in [0.3, 0.4) is 0 Å². The molecule has 0 unspecified atom stereocenters. The Labute approximate surface area is 142 Å². The van der Waals surface area contributed by atoms with E-state index in [0.717, 1.165) is 24.3 Å². The first kappa shape index (κ1) is 17.7. The molecule has 5 heteroatoms. The summed E-state index contributed by atoms with van der Waals surface area (Å²) in [6, 6.07) is 7.78. The molecule has 0 aliphatic heterocycles. The van der Waals surface area contributed by atoms with E-state index in [0.29, 0.717) is 17.1 Å². The Bertz CT molecular complexity index is 723. The van der Waals surface area contributed by atoms with Crippen LogP contribution in [0.15, 0.2) is 52.8 Å². The lowest BCUT2D eigenvalue weighted by Crippen LogP contribution is -2.33. The summed E-state index contributed by atoms with van der Waals surface area (Å²) in [4.78, 5) is 30.4. The third-order valence-electron chi connectivity index (χ3n) is 3.78. The number of hydrogen-bond donors (Lipinski definition) is 1. The quantitative estimate of drug-likeness (QED) is 0.847. The van der Waals surface area contributed by atoms with Crippen molar-refractivity contribution in [3.05, 3.63) is 53.4 Å². The zero-order valence-electron chi connectivity index (χ0n) is 14.6. The van der Waals surface area contributed by atoms with Gasteiger partial charge >= 0.3 is 0 Å². The molecular formula is C19H23N3O2. The number of nitrogens with one attached hydrogen (secondary N) is 1. The van der Waals surface area contributed by atoms with Gasteiger partial charge in [-0.3, -0.25) is 9.59 Å². The minimum atomic E-state index is -0.231. The van der Waals surface area contributed by atoms with Gasteiger partial charge in [0.2, 0.25) is 11.7 Å². The molecule has 0 fully saturated rings. The lowest BCUT2D eigenvalue weighted by Gasteiger charge is -2.25. The van der Waals surface area contributed by atoms with E-state index in [-0.39, 0.29) is 11.7 Å². The number of likely N-dealkylation sites (N-methyl/N-ethyl adjacent to an activating group) is 1. The van der Waals surface area contributed by atoms with Gasteiger partial charge in [-0.15, -0.1) is 0 Å². The van der Waals surface area contributed by atoms with Gasteiger partial charge in [-0.25, -0.2) is 4.99 Å². The predicted molar refractivity (Wildman–Crippen MR) is 96.2 cm³/mol. The molecule has 126 valence electrons. The number of allylic oxidation sites excluding steroid dienone is 2. The second kappa shape index (κ2) is 7.73. The molecule has 1 aliphatic carbocycles. The van der Waals surface area contributed by atoms with Crippen molar-refractivity contribution >= 4 is 23.1 Å². The standard InChI is InChI=1S/C19H23N3O2/c1-5-22(6-2)18-11-16(17(12-19(18)24)20-14(4)23)21-15-9-7-13(3)8-10-15/h7-12H,5-6H2,1-4H3,(H,20,23). The topological polar surface area (TPSA) is 61.8 Å². The van der Waals surface area contributed by atoms with Crippen molar-refractivity contribution in [1.29, 1.82) is 0 Å². The number of carbonyl (C=O) groups is 2. The van der Waals surface area contributed by atoms with Gasteiger partial charge in [0.15, 0.2) is 0 Å². The molecule has 0 aromatic heterocycles. The lowest BCUT2D eigenvalue weighted by atomic mass is 10.0. The van der Waals surface area contributed by atoms with E-state index in [9.17, 15) is 9.59 Å². The number of rotatable bonds is 5. The number of benzene rings is 1. The molecule has 0 spiro atoms. The molecule has 24 heavy (non-hydrogen) atoms. The van der Waals surface area contributed by atoms with Crippen LogP contribution in [0.25, 0.3) is 0 Å². The van der Waals surface area contributed by atoms with Gasteiger partial charge in [0.05, 0.1) is 22.8 Å². The van der Waals surface area contributed by atoms with Gasteiger partial charge < -0.3 is 10.2 Å². The summed E-state index contributed by atoms with van der Waals surface area (Å²) in [6.45, 7) is 8.89. The summed E-state index contributed by atoms with van der Waals surface area (Å²) in [5.74, 6) is -0.351. The molecule has 0 saturated heterocycles. The number of hydrogen-bond acceptors (Lipinski definition) is 4. The van der Waals surface area contributed by atoms with E-state index >= 15 is 0 Å². The van der Waals surface area contributed by atoms with Crippen molar-refractivity contribution in [2.75, 3.05) is 13.1 Å². The highest BCUT2D eigenvalue weighted by Crippen LogP contribution is 2.20. The molecule has 5 nitrogen and oxygen atoms in total. The largest absolute Gasteiger partial charge is 0.369 e. The third-order valence-corrected chi connectivity index (χ3v) is 3.78. The van der Waals surface area contributed by atoms with Crippen LogP contribution in [0.5, 0.6) is 0 Å². The molecule has 1 N–H and O–H groups in total. The van der Waals surface area contributed by atoms with Crippen LogP contribution in [-0.4, -0.2) is 35.4 Å². The Hall–Kier alpha value is -2.69. The number of nitrogens with zero attached hydrogens (tertiary/aromatic N) is 2. The van der Waals surface area contributed by atoms with Crippen LogP contribution in [0.1, 0.15) is 26.3 Å². The monoisotopic (exact) mass is 325 g/mol. The first-order valence-corrected chi connectivity index (χ1v) is 8.10. The predicted octanol–water partition coefficient (Wildman–Crippen LogP) is 2.90. The second-order valence-corrected chi connectivity index (χ2v) is 5.64. The molecule has 1 aliphatic rings. The Morgan fingerprint density at radius 1 is 1.12 bits per heavy atom. The summed E-state index contributed by atoms with van der Waals surface area (Å²) in [5.41, 5.74) is 3.53. The van der Waals surface area contributed by atoms with E-state index in [4.69, 9.17) is 0 Å². The van der Waals surface area contributed by atoms with E-state index in [1.165, 1.54) is 13.0 Å². The fourth-order valence-electron chi connectivity index (χ4n) is 2.51. The molecule has 1 aromatic carbocycles. The summed E-state index contributed by atoms with van der Waals surface area (Å²) < 4.78 is 0. The van der Waals surface area contributed by atoms with Crippen molar-refractivity contribution in [2.24, 2.45) is 4.99 Å². The van der Waals surface area contributed by atoms with Gasteiger partial charge in [-0.2, -0.15) is 0 Å². The zero-order valence-corrected chi connectivity index (χ0v) is 14.6. The Morgan fingerprint density at radius 3 is 2.29 bits per heavy atom. The Kier molecular flexibility index (Phi) is 5.68. The summed E-state index contributed by atoms with van der Waals surface area (Å²) in [6.07, 6.45) is 3.20. The number of amides is 1. The van der Waals surface area contributed by atoms with Crippen LogP contribution < -0.4 is 5.32 Å². The number of carbonyl (C=O) groups excluding carboxylic acids is 2. The maximum atomic E-state index is 12.4. The first-order valence-electron chi connectivity index (χ1n) is 8.10. The molecular weight excluding hydrogens is 302 g/mol. The van der Waals surface area contributed by atoms with Crippen molar-refractivity contribution in [2.45, 2.75) is 27.7 Å². The molecule has 0 heterocycles. The second-order valence-electron chi connectivity index (χ2n) is 5.64. The number of ketones is 1. The Morgan fingerprint density at radius 2 is 1.75 bits per heavy atom. The highest BCUT2D eigenvalue weighted by Gasteiger charge is 2.22. The minimum Gasteiger partial charge on any atom is -0.369 e. The van der Waals surface area contributed by atoms with Crippen LogP contribution in [0.2, 0.25) is 0 Å². The van der Waals surface area contributed by atoms with Gasteiger partial charge in [-0.1, -0.05) is 17.7 Å². The average Bonchev–Trinajstić information content (AvgIpc) is 2.54.